The van der Waals surface area contributed by atoms with E-state index < -0.39 is 0 Å². The Morgan fingerprint density at radius 2 is 2.12 bits per heavy atom. The fourth-order valence-corrected chi connectivity index (χ4v) is 1.69. The third-order valence-corrected chi connectivity index (χ3v) is 2.62. The fourth-order valence-electron chi connectivity index (χ4n) is 1.69. The molecule has 1 saturated heterocycles. The molecule has 84 valence electrons. The van der Waals surface area contributed by atoms with Crippen molar-refractivity contribution >= 4 is 5.69 Å². The molecule has 0 radical (unpaired) electrons. The number of nitrogens with two attached hydrogens (primary N) is 1. The first-order chi connectivity index (χ1) is 7.79. The van der Waals surface area contributed by atoms with E-state index >= 15 is 0 Å². The van der Waals surface area contributed by atoms with Crippen molar-refractivity contribution in [2.75, 3.05) is 18.9 Å². The van der Waals surface area contributed by atoms with Gasteiger partial charge in [0.1, 0.15) is 17.9 Å². The molecule has 1 heterocycles. The van der Waals surface area contributed by atoms with Crippen molar-refractivity contribution in [3.8, 4) is 11.8 Å². The van der Waals surface area contributed by atoms with Gasteiger partial charge in [-0.2, -0.15) is 5.26 Å². The Balaban J connectivity index is 2.06. The lowest BCUT2D eigenvalue weighted by Gasteiger charge is -2.23. The number of anilines is 1. The third-order valence-electron chi connectivity index (χ3n) is 2.62. The van der Waals surface area contributed by atoms with Gasteiger partial charge in [0, 0.05) is 18.5 Å². The molecule has 0 atom stereocenters. The standard InChI is InChI=1S/C12H14N2O2/c13-8-9-7-11(1-2-12(9)14)16-10-3-5-15-6-4-10/h1-2,7,10H,3-6,14H2. The van der Waals surface area contributed by atoms with Gasteiger partial charge in [-0.3, -0.25) is 0 Å². The molecule has 0 aromatic heterocycles. The highest BCUT2D eigenvalue weighted by Gasteiger charge is 2.15. The zero-order valence-electron chi connectivity index (χ0n) is 8.98. The van der Waals surface area contributed by atoms with Crippen LogP contribution in [0.5, 0.6) is 5.75 Å². The summed E-state index contributed by atoms with van der Waals surface area (Å²) in [7, 11) is 0. The molecule has 4 heteroatoms. The lowest BCUT2D eigenvalue weighted by Crippen LogP contribution is -2.25. The van der Waals surface area contributed by atoms with Crippen molar-refractivity contribution in [3.05, 3.63) is 23.8 Å². The minimum atomic E-state index is 0.184. The molecule has 0 aliphatic carbocycles. The van der Waals surface area contributed by atoms with Gasteiger partial charge in [-0.05, 0) is 18.2 Å². The van der Waals surface area contributed by atoms with Crippen LogP contribution in [-0.2, 0) is 4.74 Å². The molecule has 2 N–H and O–H groups in total. The predicted molar refractivity (Wildman–Crippen MR) is 60.0 cm³/mol. The molecule has 16 heavy (non-hydrogen) atoms. The van der Waals surface area contributed by atoms with E-state index in [4.69, 9.17) is 20.5 Å². The van der Waals surface area contributed by atoms with Crippen LogP contribution in [0.15, 0.2) is 18.2 Å². The smallest absolute Gasteiger partial charge is 0.121 e. The van der Waals surface area contributed by atoms with Gasteiger partial charge in [0.05, 0.1) is 18.8 Å². The second-order valence-electron chi connectivity index (χ2n) is 3.79. The zero-order chi connectivity index (χ0) is 11.4. The molecule has 0 saturated carbocycles. The van der Waals surface area contributed by atoms with E-state index in [2.05, 4.69) is 0 Å². The number of ether oxygens (including phenoxy) is 2. The molecule has 0 unspecified atom stereocenters. The molecule has 1 aliphatic heterocycles. The molecule has 1 aromatic carbocycles. The average molecular weight is 218 g/mol. The van der Waals surface area contributed by atoms with Gasteiger partial charge < -0.3 is 15.2 Å². The van der Waals surface area contributed by atoms with E-state index in [1.807, 2.05) is 6.07 Å². The van der Waals surface area contributed by atoms with Crippen molar-refractivity contribution in [3.63, 3.8) is 0 Å². The summed E-state index contributed by atoms with van der Waals surface area (Å²) in [5.41, 5.74) is 6.59. The van der Waals surface area contributed by atoms with Gasteiger partial charge in [0.15, 0.2) is 0 Å². The number of rotatable bonds is 2. The molecule has 1 aromatic rings. The van der Waals surface area contributed by atoms with Crippen molar-refractivity contribution in [1.82, 2.24) is 0 Å². The van der Waals surface area contributed by atoms with Crippen LogP contribution in [0.1, 0.15) is 18.4 Å². The highest BCUT2D eigenvalue weighted by molar-refractivity contribution is 5.56. The molecular formula is C12H14N2O2. The summed E-state index contributed by atoms with van der Waals surface area (Å²) in [6, 6.07) is 7.23. The Morgan fingerprint density at radius 1 is 1.38 bits per heavy atom. The lowest BCUT2D eigenvalue weighted by molar-refractivity contribution is 0.0256. The highest BCUT2D eigenvalue weighted by Crippen LogP contribution is 2.22. The van der Waals surface area contributed by atoms with Crippen molar-refractivity contribution in [2.45, 2.75) is 18.9 Å². The first-order valence-electron chi connectivity index (χ1n) is 5.33. The van der Waals surface area contributed by atoms with Crippen molar-refractivity contribution < 1.29 is 9.47 Å². The molecule has 1 aliphatic rings. The van der Waals surface area contributed by atoms with Gasteiger partial charge in [-0.25, -0.2) is 0 Å². The second kappa shape index (κ2) is 4.86. The van der Waals surface area contributed by atoms with Crippen LogP contribution in [-0.4, -0.2) is 19.3 Å². The van der Waals surface area contributed by atoms with Crippen molar-refractivity contribution in [2.24, 2.45) is 0 Å². The van der Waals surface area contributed by atoms with Crippen LogP contribution in [0, 0.1) is 11.3 Å². The molecule has 0 spiro atoms. The number of nitriles is 1. The Hall–Kier alpha value is -1.73. The summed E-state index contributed by atoms with van der Waals surface area (Å²) < 4.78 is 11.0. The minimum absolute atomic E-state index is 0.184. The van der Waals surface area contributed by atoms with Gasteiger partial charge in [-0.1, -0.05) is 0 Å². The Bertz CT molecular complexity index is 406. The average Bonchev–Trinajstić information content (AvgIpc) is 2.33. The van der Waals surface area contributed by atoms with Crippen LogP contribution in [0.25, 0.3) is 0 Å². The van der Waals surface area contributed by atoms with Gasteiger partial charge in [0.25, 0.3) is 0 Å². The van der Waals surface area contributed by atoms with E-state index in [1.165, 1.54) is 0 Å². The van der Waals surface area contributed by atoms with Gasteiger partial charge in [0.2, 0.25) is 0 Å². The van der Waals surface area contributed by atoms with Crippen LogP contribution >= 0.6 is 0 Å². The van der Waals surface area contributed by atoms with E-state index in [9.17, 15) is 0 Å². The van der Waals surface area contributed by atoms with Crippen LogP contribution in [0.4, 0.5) is 5.69 Å². The fraction of sp³-hybridized carbons (Fsp3) is 0.417. The molecule has 4 nitrogen and oxygen atoms in total. The first kappa shape index (κ1) is 10.8. The molecular weight excluding hydrogens is 204 g/mol. The summed E-state index contributed by atoms with van der Waals surface area (Å²) in [5.74, 6) is 0.706. The summed E-state index contributed by atoms with van der Waals surface area (Å²) in [6.45, 7) is 1.48. The Morgan fingerprint density at radius 3 is 2.81 bits per heavy atom. The molecule has 0 amide bonds. The second-order valence-corrected chi connectivity index (χ2v) is 3.79. The maximum Gasteiger partial charge on any atom is 0.121 e. The molecule has 1 fully saturated rings. The van der Waals surface area contributed by atoms with Crippen LogP contribution in [0.2, 0.25) is 0 Å². The highest BCUT2D eigenvalue weighted by atomic mass is 16.5. The lowest BCUT2D eigenvalue weighted by atomic mass is 10.1. The minimum Gasteiger partial charge on any atom is -0.490 e. The van der Waals surface area contributed by atoms with E-state index in [1.54, 1.807) is 18.2 Å². The van der Waals surface area contributed by atoms with E-state index in [0.717, 1.165) is 26.1 Å². The Labute approximate surface area is 94.6 Å². The van der Waals surface area contributed by atoms with Gasteiger partial charge >= 0.3 is 0 Å². The largest absolute Gasteiger partial charge is 0.490 e. The van der Waals surface area contributed by atoms with Crippen LogP contribution in [0.3, 0.4) is 0 Å². The SMILES string of the molecule is N#Cc1cc(OC2CCOCC2)ccc1N. The van der Waals surface area contributed by atoms with Crippen LogP contribution < -0.4 is 10.5 Å². The third kappa shape index (κ3) is 2.44. The summed E-state index contributed by atoms with van der Waals surface area (Å²) in [5, 5.41) is 8.84. The van der Waals surface area contributed by atoms with E-state index in [0.29, 0.717) is 17.0 Å². The predicted octanol–water partition coefficient (Wildman–Crippen LogP) is 1.70. The number of nitrogen functional groups attached to an aromatic ring is 1. The number of hydrogen-bond donors (Lipinski definition) is 1. The first-order valence-corrected chi connectivity index (χ1v) is 5.33. The monoisotopic (exact) mass is 218 g/mol. The zero-order valence-corrected chi connectivity index (χ0v) is 8.98. The summed E-state index contributed by atoms with van der Waals surface area (Å²) in [4.78, 5) is 0. The maximum absolute atomic E-state index is 8.84. The maximum atomic E-state index is 8.84. The number of nitrogens with zero attached hydrogens (tertiary/aromatic N) is 1. The number of benzene rings is 1. The topological polar surface area (TPSA) is 68.3 Å². The van der Waals surface area contributed by atoms with Crippen molar-refractivity contribution in [1.29, 1.82) is 5.26 Å². The number of hydrogen-bond acceptors (Lipinski definition) is 4. The summed E-state index contributed by atoms with van der Waals surface area (Å²) in [6.07, 6.45) is 1.97. The molecule has 2 rings (SSSR count). The normalized spacial score (nSPS) is 16.7. The quantitative estimate of drug-likeness (QED) is 0.767. The Kier molecular flexibility index (Phi) is 3.28. The molecule has 0 bridgehead atoms. The van der Waals surface area contributed by atoms with Gasteiger partial charge in [-0.15, -0.1) is 0 Å². The van der Waals surface area contributed by atoms with E-state index in [-0.39, 0.29) is 6.10 Å². The summed E-state index contributed by atoms with van der Waals surface area (Å²) >= 11 is 0.